The molecule has 0 aliphatic carbocycles. The molecule has 0 aliphatic rings. The Bertz CT molecular complexity index is 665. The van der Waals surface area contributed by atoms with E-state index in [1.54, 1.807) is 0 Å². The highest BCUT2D eigenvalue weighted by molar-refractivity contribution is 6.40. The molecule has 0 aromatic heterocycles. The Labute approximate surface area is 137 Å². The molecule has 0 saturated carbocycles. The van der Waals surface area contributed by atoms with Crippen molar-refractivity contribution in [2.75, 3.05) is 12.4 Å². The normalized spacial score (nSPS) is 11.8. The minimum absolute atomic E-state index is 0.107. The number of alkyl halides is 3. The van der Waals surface area contributed by atoms with Gasteiger partial charge in [-0.1, -0.05) is 23.2 Å². The van der Waals surface area contributed by atoms with Crippen molar-refractivity contribution in [1.82, 2.24) is 5.32 Å². The number of ether oxygens (including phenoxy) is 1. The maximum Gasteiger partial charge on any atom is 0.491 e. The molecule has 0 atom stereocenters. The maximum absolute atomic E-state index is 12.2. The molecule has 0 fully saturated rings. The standard InChI is InChI=1S/C11H9Cl2F3N4O3/c1-18-9(17)20-10(22)19-7-4(12)2-3-5(6(7)13)23-8(21)11(14,15)16/h2-3H,1H3,(H4,17,18,19,20,22). The number of nitrogens with two attached hydrogens (primary N) is 1. The highest BCUT2D eigenvalue weighted by Crippen LogP contribution is 2.38. The van der Waals surface area contributed by atoms with E-state index in [-0.39, 0.29) is 16.7 Å². The van der Waals surface area contributed by atoms with Crippen LogP contribution >= 0.6 is 23.2 Å². The molecular formula is C11H9Cl2F3N4O3. The molecule has 1 rings (SSSR count). The van der Waals surface area contributed by atoms with Crippen LogP contribution in [0.15, 0.2) is 17.1 Å². The van der Waals surface area contributed by atoms with Crippen LogP contribution in [0.1, 0.15) is 0 Å². The fraction of sp³-hybridized carbons (Fsp3) is 0.182. The van der Waals surface area contributed by atoms with Gasteiger partial charge >= 0.3 is 18.2 Å². The van der Waals surface area contributed by atoms with E-state index in [1.165, 1.54) is 7.05 Å². The van der Waals surface area contributed by atoms with Crippen LogP contribution < -0.4 is 21.1 Å². The first-order valence-corrected chi connectivity index (χ1v) is 6.39. The number of nitrogens with zero attached hydrogens (tertiary/aromatic N) is 1. The predicted molar refractivity (Wildman–Crippen MR) is 77.9 cm³/mol. The third-order valence-electron chi connectivity index (χ3n) is 2.21. The summed E-state index contributed by atoms with van der Waals surface area (Å²) in [6.45, 7) is 0. The number of aliphatic imine (C=N–C) groups is 1. The van der Waals surface area contributed by atoms with Gasteiger partial charge in [-0.15, -0.1) is 0 Å². The maximum atomic E-state index is 12.2. The second-order valence-electron chi connectivity index (χ2n) is 3.81. The van der Waals surface area contributed by atoms with Crippen LogP contribution in [0, 0.1) is 0 Å². The number of carbonyl (C=O) groups is 2. The lowest BCUT2D eigenvalue weighted by atomic mass is 10.3. The molecule has 126 valence electrons. The average Bonchev–Trinajstić information content (AvgIpc) is 2.45. The number of rotatable bonds is 2. The first-order chi connectivity index (χ1) is 10.6. The Morgan fingerprint density at radius 3 is 2.43 bits per heavy atom. The van der Waals surface area contributed by atoms with E-state index in [2.05, 4.69) is 20.4 Å². The van der Waals surface area contributed by atoms with Gasteiger partial charge in [0.15, 0.2) is 11.7 Å². The van der Waals surface area contributed by atoms with Crippen molar-refractivity contribution >= 4 is 46.8 Å². The highest BCUT2D eigenvalue weighted by Gasteiger charge is 2.41. The monoisotopic (exact) mass is 372 g/mol. The van der Waals surface area contributed by atoms with Gasteiger partial charge in [-0.25, -0.2) is 9.59 Å². The Kier molecular flexibility index (Phi) is 6.05. The zero-order valence-electron chi connectivity index (χ0n) is 11.3. The number of esters is 1. The quantitative estimate of drug-likeness (QED) is 0.321. The zero-order chi connectivity index (χ0) is 17.8. The van der Waals surface area contributed by atoms with Crippen molar-refractivity contribution in [1.29, 1.82) is 0 Å². The first kappa shape index (κ1) is 18.8. The van der Waals surface area contributed by atoms with Crippen molar-refractivity contribution in [3.63, 3.8) is 0 Å². The van der Waals surface area contributed by atoms with Crippen LogP contribution in [0.4, 0.5) is 23.7 Å². The number of nitrogens with one attached hydrogen (secondary N) is 2. The largest absolute Gasteiger partial charge is 0.491 e. The number of hydrogen-bond donors (Lipinski definition) is 3. The van der Waals surface area contributed by atoms with Gasteiger partial charge in [0.05, 0.1) is 10.7 Å². The van der Waals surface area contributed by atoms with Crippen LogP contribution in [0.25, 0.3) is 0 Å². The van der Waals surface area contributed by atoms with E-state index in [0.29, 0.717) is 0 Å². The third kappa shape index (κ3) is 5.18. The summed E-state index contributed by atoms with van der Waals surface area (Å²) in [7, 11) is 1.31. The van der Waals surface area contributed by atoms with E-state index < -0.39 is 28.9 Å². The van der Waals surface area contributed by atoms with Crippen molar-refractivity contribution in [3.05, 3.63) is 22.2 Å². The molecule has 4 N–H and O–H groups in total. The van der Waals surface area contributed by atoms with E-state index in [9.17, 15) is 22.8 Å². The lowest BCUT2D eigenvalue weighted by Crippen LogP contribution is -2.39. The summed E-state index contributed by atoms with van der Waals surface area (Å²) in [6, 6.07) is 1.12. The minimum Gasteiger partial charge on any atom is -0.418 e. The molecular weight excluding hydrogens is 364 g/mol. The molecule has 1 aromatic rings. The smallest absolute Gasteiger partial charge is 0.418 e. The molecule has 0 heterocycles. The van der Waals surface area contributed by atoms with Crippen molar-refractivity contribution < 1.29 is 27.5 Å². The summed E-state index contributed by atoms with van der Waals surface area (Å²) >= 11 is 11.6. The van der Waals surface area contributed by atoms with Crippen LogP contribution in [0.2, 0.25) is 10.0 Å². The van der Waals surface area contributed by atoms with Crippen LogP contribution in [-0.2, 0) is 4.79 Å². The molecule has 0 spiro atoms. The number of halogens is 5. The molecule has 7 nitrogen and oxygen atoms in total. The number of benzene rings is 1. The summed E-state index contributed by atoms with van der Waals surface area (Å²) in [6.07, 6.45) is -5.21. The summed E-state index contributed by atoms with van der Waals surface area (Å²) in [5.74, 6) is -3.33. The summed E-state index contributed by atoms with van der Waals surface area (Å²) in [5, 5.41) is 3.63. The van der Waals surface area contributed by atoms with E-state index in [0.717, 1.165) is 12.1 Å². The second-order valence-corrected chi connectivity index (χ2v) is 4.59. The number of anilines is 1. The van der Waals surface area contributed by atoms with Gasteiger partial charge in [0.25, 0.3) is 0 Å². The second kappa shape index (κ2) is 7.38. The molecule has 2 amide bonds. The summed E-state index contributed by atoms with van der Waals surface area (Å²) in [4.78, 5) is 25.9. The van der Waals surface area contributed by atoms with Gasteiger partial charge < -0.3 is 15.8 Å². The Hall–Kier alpha value is -2.20. The lowest BCUT2D eigenvalue weighted by Gasteiger charge is -2.13. The van der Waals surface area contributed by atoms with Gasteiger partial charge in [0, 0.05) is 7.05 Å². The van der Waals surface area contributed by atoms with Crippen molar-refractivity contribution in [2.45, 2.75) is 6.18 Å². The first-order valence-electron chi connectivity index (χ1n) is 5.63. The predicted octanol–water partition coefficient (Wildman–Crippen LogP) is 2.53. The van der Waals surface area contributed by atoms with Crippen LogP contribution in [0.3, 0.4) is 0 Å². The fourth-order valence-electron chi connectivity index (χ4n) is 1.20. The average molecular weight is 373 g/mol. The van der Waals surface area contributed by atoms with Gasteiger partial charge in [0.1, 0.15) is 5.02 Å². The number of hydrogen-bond acceptors (Lipinski definition) is 4. The van der Waals surface area contributed by atoms with Crippen molar-refractivity contribution in [2.24, 2.45) is 10.7 Å². The van der Waals surface area contributed by atoms with Gasteiger partial charge in [-0.3, -0.25) is 10.3 Å². The molecule has 12 heteroatoms. The summed E-state index contributed by atoms with van der Waals surface area (Å²) < 4.78 is 40.7. The fourth-order valence-corrected chi connectivity index (χ4v) is 1.71. The Balaban J connectivity index is 3.03. The number of urea groups is 1. The van der Waals surface area contributed by atoms with Crippen LogP contribution in [-0.4, -0.2) is 31.2 Å². The number of carbonyl (C=O) groups excluding carboxylic acids is 2. The van der Waals surface area contributed by atoms with Gasteiger partial charge in [0.2, 0.25) is 0 Å². The number of amides is 2. The van der Waals surface area contributed by atoms with E-state index in [1.807, 2.05) is 0 Å². The SMILES string of the molecule is CN=C(N)NC(=O)Nc1c(Cl)ccc(OC(=O)C(F)(F)F)c1Cl. The molecule has 0 bridgehead atoms. The third-order valence-corrected chi connectivity index (χ3v) is 2.90. The van der Waals surface area contributed by atoms with Gasteiger partial charge in [-0.2, -0.15) is 13.2 Å². The lowest BCUT2D eigenvalue weighted by molar-refractivity contribution is -0.189. The van der Waals surface area contributed by atoms with Crippen LogP contribution in [0.5, 0.6) is 5.75 Å². The topological polar surface area (TPSA) is 106 Å². The van der Waals surface area contributed by atoms with Crippen molar-refractivity contribution in [3.8, 4) is 5.75 Å². The molecule has 1 aromatic carbocycles. The van der Waals surface area contributed by atoms with E-state index >= 15 is 0 Å². The zero-order valence-corrected chi connectivity index (χ0v) is 12.8. The Morgan fingerprint density at radius 1 is 1.30 bits per heavy atom. The molecule has 0 aliphatic heterocycles. The number of guanidine groups is 1. The minimum atomic E-state index is -5.21. The molecule has 0 unspecified atom stereocenters. The summed E-state index contributed by atoms with van der Waals surface area (Å²) in [5.41, 5.74) is 4.99. The molecule has 0 saturated heterocycles. The molecule has 23 heavy (non-hydrogen) atoms. The Morgan fingerprint density at radius 2 is 1.91 bits per heavy atom. The van der Waals surface area contributed by atoms with E-state index in [4.69, 9.17) is 28.9 Å². The molecule has 0 radical (unpaired) electrons. The highest BCUT2D eigenvalue weighted by atomic mass is 35.5. The van der Waals surface area contributed by atoms with Gasteiger partial charge in [-0.05, 0) is 12.1 Å².